The molecule has 0 N–H and O–H groups in total. The van der Waals surface area contributed by atoms with Gasteiger partial charge in [0, 0.05) is 0 Å². The molecule has 2 nitrogen and oxygen atoms in total. The minimum absolute atomic E-state index is 0.330. The summed E-state index contributed by atoms with van der Waals surface area (Å²) in [7, 11) is 0. The van der Waals surface area contributed by atoms with Gasteiger partial charge in [0.05, 0.1) is 4.47 Å². The van der Waals surface area contributed by atoms with Crippen LogP contribution in [0.1, 0.15) is 18.4 Å². The number of ether oxygens (including phenoxy) is 1. The van der Waals surface area contributed by atoms with Gasteiger partial charge < -0.3 is 4.74 Å². The molecule has 14 heavy (non-hydrogen) atoms. The Morgan fingerprint density at radius 2 is 2.21 bits per heavy atom. The first-order valence-corrected chi connectivity index (χ1v) is 5.04. The third-order valence-electron chi connectivity index (χ3n) is 2.42. The van der Waals surface area contributed by atoms with Gasteiger partial charge in [-0.05, 0) is 46.5 Å². The van der Waals surface area contributed by atoms with Gasteiger partial charge in [-0.1, -0.05) is 6.07 Å². The van der Waals surface area contributed by atoms with Crippen molar-refractivity contribution in [2.24, 2.45) is 0 Å². The van der Waals surface area contributed by atoms with Crippen molar-refractivity contribution in [2.45, 2.75) is 18.4 Å². The quantitative estimate of drug-likeness (QED) is 0.780. The number of rotatable bonds is 3. The topological polar surface area (TPSA) is 26.3 Å². The van der Waals surface area contributed by atoms with Gasteiger partial charge in [-0.2, -0.15) is 0 Å². The molecular weight excluding hydrogens is 251 g/mol. The molecule has 0 radical (unpaired) electrons. The van der Waals surface area contributed by atoms with Crippen molar-refractivity contribution in [2.75, 3.05) is 0 Å². The Kier molecular flexibility index (Phi) is 2.31. The summed E-state index contributed by atoms with van der Waals surface area (Å²) >= 11 is 3.07. The van der Waals surface area contributed by atoms with Gasteiger partial charge >= 0.3 is 0 Å². The van der Waals surface area contributed by atoms with Gasteiger partial charge in [0.15, 0.2) is 0 Å². The van der Waals surface area contributed by atoms with Crippen LogP contribution >= 0.6 is 15.9 Å². The van der Waals surface area contributed by atoms with Gasteiger partial charge in [0.2, 0.25) is 0 Å². The van der Waals surface area contributed by atoms with E-state index in [1.165, 1.54) is 6.07 Å². The summed E-state index contributed by atoms with van der Waals surface area (Å²) < 4.78 is 18.6. The van der Waals surface area contributed by atoms with Crippen LogP contribution in [0.15, 0.2) is 22.7 Å². The highest BCUT2D eigenvalue weighted by Crippen LogP contribution is 2.49. The van der Waals surface area contributed by atoms with Crippen molar-refractivity contribution >= 4 is 22.4 Å². The molecule has 0 heterocycles. The molecule has 1 aliphatic carbocycles. The van der Waals surface area contributed by atoms with E-state index >= 15 is 0 Å². The first-order valence-electron chi connectivity index (χ1n) is 4.25. The monoisotopic (exact) mass is 258 g/mol. The highest BCUT2D eigenvalue weighted by Gasteiger charge is 2.47. The number of carbonyl (C=O) groups is 1. The number of hydrogen-bond acceptors (Lipinski definition) is 2. The van der Waals surface area contributed by atoms with Crippen molar-refractivity contribution in [3.63, 3.8) is 0 Å². The number of halogens is 2. The minimum Gasteiger partial charge on any atom is -0.456 e. The Hall–Kier alpha value is -0.900. The summed E-state index contributed by atoms with van der Waals surface area (Å²) in [4.78, 5) is 10.3. The molecule has 1 aromatic carbocycles. The second-order valence-electron chi connectivity index (χ2n) is 3.34. The predicted octanol–water partition coefficient (Wildman–Crippen LogP) is 2.75. The second kappa shape index (κ2) is 3.35. The summed E-state index contributed by atoms with van der Waals surface area (Å²) in [6.07, 6.45) is 1.54. The fraction of sp³-hybridized carbons (Fsp3) is 0.300. The normalized spacial score (nSPS) is 17.6. The van der Waals surface area contributed by atoms with E-state index in [2.05, 4.69) is 15.9 Å². The van der Waals surface area contributed by atoms with Crippen LogP contribution in [0.25, 0.3) is 0 Å². The highest BCUT2D eigenvalue weighted by atomic mass is 79.9. The largest absolute Gasteiger partial charge is 0.456 e. The van der Waals surface area contributed by atoms with Gasteiger partial charge in [0.1, 0.15) is 11.4 Å². The third-order valence-corrected chi connectivity index (χ3v) is 3.07. The molecule has 2 rings (SSSR count). The van der Waals surface area contributed by atoms with Gasteiger partial charge in [0.25, 0.3) is 6.47 Å². The molecule has 1 saturated carbocycles. The van der Waals surface area contributed by atoms with Crippen LogP contribution in [-0.4, -0.2) is 6.47 Å². The Morgan fingerprint density at radius 1 is 1.50 bits per heavy atom. The molecule has 0 aliphatic heterocycles. The van der Waals surface area contributed by atoms with Gasteiger partial charge in [-0.25, -0.2) is 4.39 Å². The maximum Gasteiger partial charge on any atom is 0.293 e. The zero-order valence-electron chi connectivity index (χ0n) is 7.30. The molecule has 0 unspecified atom stereocenters. The first-order chi connectivity index (χ1) is 6.68. The molecule has 74 valence electrons. The molecular formula is C10H8BrFO2. The fourth-order valence-electron chi connectivity index (χ4n) is 1.46. The highest BCUT2D eigenvalue weighted by molar-refractivity contribution is 9.10. The second-order valence-corrected chi connectivity index (χ2v) is 4.19. The molecule has 0 saturated heterocycles. The SMILES string of the molecule is O=COC1(c2ccc(Br)c(F)c2)CC1. The van der Waals surface area contributed by atoms with E-state index in [1.54, 1.807) is 12.1 Å². The Morgan fingerprint density at radius 3 is 2.71 bits per heavy atom. The number of carbonyl (C=O) groups excluding carboxylic acids is 1. The summed E-state index contributed by atoms with van der Waals surface area (Å²) in [6.45, 7) is 0.424. The maximum absolute atomic E-state index is 13.2. The molecule has 0 spiro atoms. The average molecular weight is 259 g/mol. The standard InChI is InChI=1S/C10H8BrFO2/c11-8-2-1-7(5-9(8)12)10(3-4-10)14-6-13/h1-2,5-6H,3-4H2. The summed E-state index contributed by atoms with van der Waals surface area (Å²) in [5.41, 5.74) is 0.175. The van der Waals surface area contributed by atoms with E-state index in [0.717, 1.165) is 18.4 Å². The minimum atomic E-state index is -0.552. The molecule has 1 aromatic rings. The van der Waals surface area contributed by atoms with Crippen LogP contribution in [0.4, 0.5) is 4.39 Å². The van der Waals surface area contributed by atoms with Crippen molar-refractivity contribution in [1.82, 2.24) is 0 Å². The Labute approximate surface area is 89.2 Å². The van der Waals surface area contributed by atoms with E-state index in [0.29, 0.717) is 10.9 Å². The van der Waals surface area contributed by atoms with Crippen molar-refractivity contribution in [1.29, 1.82) is 0 Å². The van der Waals surface area contributed by atoms with Gasteiger partial charge in [-0.3, -0.25) is 4.79 Å². The number of benzene rings is 1. The molecule has 0 amide bonds. The van der Waals surface area contributed by atoms with Gasteiger partial charge in [-0.15, -0.1) is 0 Å². The third kappa shape index (κ3) is 1.54. The van der Waals surface area contributed by atoms with Crippen LogP contribution in [0, 0.1) is 5.82 Å². The molecule has 0 atom stereocenters. The molecule has 0 aromatic heterocycles. The van der Waals surface area contributed by atoms with E-state index in [4.69, 9.17) is 4.74 Å². The Balaban J connectivity index is 2.33. The lowest BCUT2D eigenvalue weighted by molar-refractivity contribution is -0.136. The summed E-state index contributed by atoms with van der Waals surface area (Å²) in [5.74, 6) is -0.330. The lowest BCUT2D eigenvalue weighted by atomic mass is 10.1. The first kappa shape index (κ1) is 9.65. The molecule has 1 fully saturated rings. The predicted molar refractivity (Wildman–Crippen MR) is 52.2 cm³/mol. The molecule has 1 aliphatic rings. The maximum atomic E-state index is 13.2. The number of hydrogen-bond donors (Lipinski definition) is 0. The molecule has 0 bridgehead atoms. The fourth-order valence-corrected chi connectivity index (χ4v) is 1.71. The average Bonchev–Trinajstić information content (AvgIpc) is 2.91. The molecule has 4 heteroatoms. The van der Waals surface area contributed by atoms with Crippen LogP contribution in [-0.2, 0) is 15.1 Å². The zero-order valence-corrected chi connectivity index (χ0v) is 8.88. The van der Waals surface area contributed by atoms with Crippen LogP contribution in [0.2, 0.25) is 0 Å². The summed E-state index contributed by atoms with van der Waals surface area (Å²) in [5, 5.41) is 0. The zero-order chi connectivity index (χ0) is 10.2. The van der Waals surface area contributed by atoms with E-state index in [-0.39, 0.29) is 5.82 Å². The van der Waals surface area contributed by atoms with Crippen LogP contribution < -0.4 is 0 Å². The summed E-state index contributed by atoms with van der Waals surface area (Å²) in [6, 6.07) is 4.79. The van der Waals surface area contributed by atoms with E-state index in [1.807, 2.05) is 0 Å². The van der Waals surface area contributed by atoms with Crippen LogP contribution in [0.3, 0.4) is 0 Å². The van der Waals surface area contributed by atoms with Crippen molar-refractivity contribution in [3.8, 4) is 0 Å². The lowest BCUT2D eigenvalue weighted by Gasteiger charge is -2.13. The Bertz CT molecular complexity index is 374. The van der Waals surface area contributed by atoms with Crippen molar-refractivity contribution in [3.05, 3.63) is 34.1 Å². The lowest BCUT2D eigenvalue weighted by Crippen LogP contribution is -2.10. The van der Waals surface area contributed by atoms with E-state index in [9.17, 15) is 9.18 Å². The van der Waals surface area contributed by atoms with Crippen molar-refractivity contribution < 1.29 is 13.9 Å². The van der Waals surface area contributed by atoms with Crippen LogP contribution in [0.5, 0.6) is 0 Å². The van der Waals surface area contributed by atoms with E-state index < -0.39 is 5.60 Å². The smallest absolute Gasteiger partial charge is 0.293 e.